The lowest BCUT2D eigenvalue weighted by molar-refractivity contribution is 1.30. The van der Waals surface area contributed by atoms with Crippen molar-refractivity contribution in [2.75, 3.05) is 4.90 Å². The Labute approximate surface area is 264 Å². The monoisotopic (exact) mass is 573 g/mol. The molecule has 0 unspecified atom stereocenters. The van der Waals surface area contributed by atoms with Gasteiger partial charge in [0.1, 0.15) is 0 Å². The van der Waals surface area contributed by atoms with Gasteiger partial charge in [-0.25, -0.2) is 0 Å². The Kier molecular flexibility index (Phi) is 6.90. The van der Waals surface area contributed by atoms with Crippen molar-refractivity contribution in [3.63, 3.8) is 0 Å². The van der Waals surface area contributed by atoms with Crippen LogP contribution in [0.3, 0.4) is 0 Å². The van der Waals surface area contributed by atoms with E-state index in [-0.39, 0.29) is 0 Å². The first-order valence-electron chi connectivity index (χ1n) is 15.4. The van der Waals surface area contributed by atoms with E-state index in [2.05, 4.69) is 193 Å². The van der Waals surface area contributed by atoms with Crippen LogP contribution in [0.15, 0.2) is 188 Å². The molecular formula is C44H31N. The maximum Gasteiger partial charge on any atom is 0.0546 e. The molecule has 45 heavy (non-hydrogen) atoms. The average Bonchev–Trinajstić information content (AvgIpc) is 3.13. The lowest BCUT2D eigenvalue weighted by atomic mass is 9.97. The fourth-order valence-corrected chi connectivity index (χ4v) is 6.39. The van der Waals surface area contributed by atoms with Gasteiger partial charge in [-0.1, -0.05) is 152 Å². The van der Waals surface area contributed by atoms with E-state index >= 15 is 0 Å². The normalized spacial score (nSPS) is 11.1. The van der Waals surface area contributed by atoms with Crippen molar-refractivity contribution in [3.05, 3.63) is 188 Å². The van der Waals surface area contributed by atoms with Crippen molar-refractivity contribution in [2.45, 2.75) is 0 Å². The number of fused-ring (bicyclic) bond motifs is 3. The Balaban J connectivity index is 1.15. The molecular weight excluding hydrogens is 542 g/mol. The number of hydrogen-bond donors (Lipinski definition) is 0. The first-order chi connectivity index (χ1) is 22.3. The summed E-state index contributed by atoms with van der Waals surface area (Å²) in [5, 5.41) is 5.00. The first kappa shape index (κ1) is 26.7. The highest BCUT2D eigenvalue weighted by molar-refractivity contribution is 6.14. The van der Waals surface area contributed by atoms with E-state index in [1.165, 1.54) is 60.6 Å². The molecule has 0 aromatic heterocycles. The third-order valence-electron chi connectivity index (χ3n) is 8.65. The SMILES string of the molecule is c1ccc(-c2cccc(-c3ccc(-c4ccc(N(c5ccccc5)c5cc6ccccc6c6ccccc56)cc4)cc3)c2)cc1. The molecule has 0 spiro atoms. The van der Waals surface area contributed by atoms with E-state index in [1.807, 2.05) is 0 Å². The van der Waals surface area contributed by atoms with Crippen LogP contribution in [0.4, 0.5) is 17.1 Å². The molecule has 0 radical (unpaired) electrons. The Morgan fingerprint density at radius 2 is 0.711 bits per heavy atom. The molecule has 8 rings (SSSR count). The van der Waals surface area contributed by atoms with Crippen molar-refractivity contribution in [3.8, 4) is 33.4 Å². The van der Waals surface area contributed by atoms with Gasteiger partial charge < -0.3 is 4.90 Å². The third-order valence-corrected chi connectivity index (χ3v) is 8.65. The number of anilines is 3. The van der Waals surface area contributed by atoms with Crippen LogP contribution in [0.1, 0.15) is 0 Å². The highest BCUT2D eigenvalue weighted by atomic mass is 15.1. The number of benzene rings is 8. The predicted octanol–water partition coefficient (Wildman–Crippen LogP) is 12.5. The van der Waals surface area contributed by atoms with Crippen molar-refractivity contribution in [2.24, 2.45) is 0 Å². The fraction of sp³-hybridized carbons (Fsp3) is 0. The van der Waals surface area contributed by atoms with Crippen LogP contribution in [0.25, 0.3) is 54.9 Å². The number of para-hydroxylation sites is 1. The quantitative estimate of drug-likeness (QED) is 0.179. The molecule has 0 heterocycles. The zero-order valence-corrected chi connectivity index (χ0v) is 24.8. The number of hydrogen-bond acceptors (Lipinski definition) is 1. The van der Waals surface area contributed by atoms with E-state index < -0.39 is 0 Å². The average molecular weight is 574 g/mol. The Morgan fingerprint density at radius 1 is 0.267 bits per heavy atom. The first-order valence-corrected chi connectivity index (χ1v) is 15.4. The van der Waals surface area contributed by atoms with E-state index in [9.17, 15) is 0 Å². The van der Waals surface area contributed by atoms with E-state index in [1.54, 1.807) is 0 Å². The van der Waals surface area contributed by atoms with Gasteiger partial charge in [-0.15, -0.1) is 0 Å². The Bertz CT molecular complexity index is 2230. The largest absolute Gasteiger partial charge is 0.310 e. The van der Waals surface area contributed by atoms with Gasteiger partial charge >= 0.3 is 0 Å². The third kappa shape index (κ3) is 5.15. The van der Waals surface area contributed by atoms with Crippen LogP contribution in [-0.2, 0) is 0 Å². The van der Waals surface area contributed by atoms with Crippen molar-refractivity contribution >= 4 is 38.6 Å². The molecule has 1 nitrogen and oxygen atoms in total. The zero-order chi connectivity index (χ0) is 30.0. The summed E-state index contributed by atoms with van der Waals surface area (Å²) in [6.07, 6.45) is 0. The van der Waals surface area contributed by atoms with E-state index in [0.29, 0.717) is 0 Å². The van der Waals surface area contributed by atoms with Gasteiger partial charge in [-0.2, -0.15) is 0 Å². The minimum atomic E-state index is 1.12. The lowest BCUT2D eigenvalue weighted by Crippen LogP contribution is -2.10. The molecule has 0 saturated heterocycles. The standard InChI is InChI=1S/C44H31N/c1-3-12-32(13-4-1)36-15-11-16-37(30-36)35-24-22-33(23-25-35)34-26-28-40(29-27-34)45(39-17-5-2-6-18-39)44-31-38-14-7-8-19-41(38)42-20-9-10-21-43(42)44/h1-31H. The summed E-state index contributed by atoms with van der Waals surface area (Å²) < 4.78 is 0. The summed E-state index contributed by atoms with van der Waals surface area (Å²) in [6.45, 7) is 0. The summed E-state index contributed by atoms with van der Waals surface area (Å²) in [5.41, 5.74) is 10.7. The number of nitrogens with zero attached hydrogens (tertiary/aromatic N) is 1. The minimum absolute atomic E-state index is 1.12. The molecule has 212 valence electrons. The maximum absolute atomic E-state index is 2.38. The molecule has 0 atom stereocenters. The van der Waals surface area contributed by atoms with Crippen LogP contribution in [0, 0.1) is 0 Å². The molecule has 0 aliphatic rings. The molecule has 0 amide bonds. The summed E-state index contributed by atoms with van der Waals surface area (Å²) in [5.74, 6) is 0. The van der Waals surface area contributed by atoms with Gasteiger partial charge in [0.2, 0.25) is 0 Å². The molecule has 0 bridgehead atoms. The second-order valence-electron chi connectivity index (χ2n) is 11.4. The topological polar surface area (TPSA) is 3.24 Å². The van der Waals surface area contributed by atoms with Gasteiger partial charge in [0.05, 0.1) is 5.69 Å². The van der Waals surface area contributed by atoms with Crippen LogP contribution >= 0.6 is 0 Å². The maximum atomic E-state index is 2.38. The second kappa shape index (κ2) is 11.6. The summed E-state index contributed by atoms with van der Waals surface area (Å²) in [4.78, 5) is 2.38. The molecule has 1 heteroatoms. The van der Waals surface area contributed by atoms with Crippen molar-refractivity contribution < 1.29 is 0 Å². The molecule has 0 saturated carbocycles. The Hall–Kier alpha value is -5.92. The molecule has 0 aliphatic carbocycles. The molecule has 8 aromatic carbocycles. The molecule has 0 aliphatic heterocycles. The molecule has 8 aromatic rings. The van der Waals surface area contributed by atoms with Crippen LogP contribution in [0.5, 0.6) is 0 Å². The van der Waals surface area contributed by atoms with Crippen molar-refractivity contribution in [1.82, 2.24) is 0 Å². The van der Waals surface area contributed by atoms with Gasteiger partial charge in [-0.05, 0) is 85.9 Å². The van der Waals surface area contributed by atoms with E-state index in [0.717, 1.165) is 11.4 Å². The van der Waals surface area contributed by atoms with E-state index in [4.69, 9.17) is 0 Å². The zero-order valence-electron chi connectivity index (χ0n) is 24.8. The summed E-state index contributed by atoms with van der Waals surface area (Å²) >= 11 is 0. The van der Waals surface area contributed by atoms with Crippen LogP contribution in [0.2, 0.25) is 0 Å². The smallest absolute Gasteiger partial charge is 0.0546 e. The van der Waals surface area contributed by atoms with Gasteiger partial charge in [0.25, 0.3) is 0 Å². The Morgan fingerprint density at radius 3 is 1.38 bits per heavy atom. The molecule has 0 N–H and O–H groups in total. The van der Waals surface area contributed by atoms with Gasteiger partial charge in [0, 0.05) is 16.8 Å². The second-order valence-corrected chi connectivity index (χ2v) is 11.4. The van der Waals surface area contributed by atoms with Crippen LogP contribution < -0.4 is 4.90 Å². The minimum Gasteiger partial charge on any atom is -0.310 e. The summed E-state index contributed by atoms with van der Waals surface area (Å²) in [7, 11) is 0. The highest BCUT2D eigenvalue weighted by Crippen LogP contribution is 2.42. The van der Waals surface area contributed by atoms with Crippen molar-refractivity contribution in [1.29, 1.82) is 0 Å². The summed E-state index contributed by atoms with van der Waals surface area (Å²) in [6, 6.07) is 67.6. The van der Waals surface area contributed by atoms with Gasteiger partial charge in [-0.3, -0.25) is 0 Å². The van der Waals surface area contributed by atoms with Gasteiger partial charge in [0.15, 0.2) is 0 Å². The highest BCUT2D eigenvalue weighted by Gasteiger charge is 2.17. The fourth-order valence-electron chi connectivity index (χ4n) is 6.39. The molecule has 0 fully saturated rings. The number of rotatable bonds is 6. The van der Waals surface area contributed by atoms with Crippen LogP contribution in [-0.4, -0.2) is 0 Å². The lowest BCUT2D eigenvalue weighted by Gasteiger charge is -2.27. The predicted molar refractivity (Wildman–Crippen MR) is 192 cm³/mol.